The first-order valence-corrected chi connectivity index (χ1v) is 12.9. The van der Waals surface area contributed by atoms with E-state index in [2.05, 4.69) is 5.32 Å². The number of carbonyl (C=O) groups is 1. The lowest BCUT2D eigenvalue weighted by atomic mass is 10.0. The molecule has 1 N–H and O–H groups in total. The Morgan fingerprint density at radius 3 is 2.12 bits per heavy atom. The highest BCUT2D eigenvalue weighted by atomic mass is 32.2. The molecule has 1 fully saturated rings. The van der Waals surface area contributed by atoms with Crippen molar-refractivity contribution in [2.24, 2.45) is 0 Å². The van der Waals surface area contributed by atoms with Crippen LogP contribution in [0.4, 0.5) is 5.69 Å². The molecule has 1 heterocycles. The number of amides is 1. The maximum absolute atomic E-state index is 13.0. The van der Waals surface area contributed by atoms with Crippen LogP contribution in [0.3, 0.4) is 0 Å². The molecule has 3 aromatic carbocycles. The van der Waals surface area contributed by atoms with Gasteiger partial charge in [-0.15, -0.1) is 0 Å². The summed E-state index contributed by atoms with van der Waals surface area (Å²) in [7, 11) is -3.51. The summed E-state index contributed by atoms with van der Waals surface area (Å²) in [6.45, 7) is 3.54. The topological polar surface area (TPSA) is 69.7 Å². The fraction of sp³-hybridized carbons (Fsp3) is 0.222. The minimum absolute atomic E-state index is 0.108. The molecule has 0 aliphatic carbocycles. The van der Waals surface area contributed by atoms with Crippen LogP contribution in [0.5, 0.6) is 0 Å². The minimum atomic E-state index is -3.51. The molecule has 1 atom stereocenters. The van der Waals surface area contributed by atoms with E-state index in [9.17, 15) is 13.2 Å². The van der Waals surface area contributed by atoms with Crippen LogP contribution in [0.2, 0.25) is 0 Å². The number of hydrogen-bond acceptors (Lipinski definition) is 4. The number of carbonyl (C=O) groups excluding carboxylic acids is 1. The Balaban J connectivity index is 1.36. The van der Waals surface area contributed by atoms with E-state index in [0.717, 1.165) is 22.4 Å². The summed E-state index contributed by atoms with van der Waals surface area (Å²) in [5.41, 5.74) is 3.60. The zero-order valence-corrected chi connectivity index (χ0v) is 20.0. The number of nitrogens with one attached hydrogen (secondary N) is 1. The Morgan fingerprint density at radius 2 is 1.44 bits per heavy atom. The van der Waals surface area contributed by atoms with Gasteiger partial charge in [-0.25, -0.2) is 8.42 Å². The molecule has 1 amide bonds. The maximum atomic E-state index is 13.0. The Hall–Kier alpha value is -3.26. The average Bonchev–Trinajstić information content (AvgIpc) is 2.88. The Labute approximate surface area is 201 Å². The predicted molar refractivity (Wildman–Crippen MR) is 138 cm³/mol. The van der Waals surface area contributed by atoms with Gasteiger partial charge < -0.3 is 5.32 Å². The second-order valence-corrected chi connectivity index (χ2v) is 10.1. The molecule has 6 nitrogen and oxygen atoms in total. The van der Waals surface area contributed by atoms with E-state index in [-0.39, 0.29) is 11.9 Å². The van der Waals surface area contributed by atoms with E-state index >= 15 is 0 Å². The molecular formula is C27H29N3O3S. The van der Waals surface area contributed by atoms with Crippen LogP contribution in [0.25, 0.3) is 17.2 Å². The van der Waals surface area contributed by atoms with Gasteiger partial charge in [-0.2, -0.15) is 4.31 Å². The number of para-hydroxylation sites is 1. The van der Waals surface area contributed by atoms with Crippen LogP contribution in [-0.2, 0) is 14.8 Å². The normalized spacial score (nSPS) is 16.4. The highest BCUT2D eigenvalue weighted by Gasteiger charge is 2.30. The van der Waals surface area contributed by atoms with Gasteiger partial charge in [0, 0.05) is 42.8 Å². The van der Waals surface area contributed by atoms with Crippen molar-refractivity contribution in [3.8, 4) is 11.1 Å². The molecule has 1 aliphatic heterocycles. The summed E-state index contributed by atoms with van der Waals surface area (Å²) < 4.78 is 26.9. The number of benzene rings is 3. The van der Waals surface area contributed by atoms with E-state index in [1.54, 1.807) is 6.08 Å². The quantitative estimate of drug-likeness (QED) is 0.553. The largest absolute Gasteiger partial charge is 0.324 e. The van der Waals surface area contributed by atoms with Crippen molar-refractivity contribution < 1.29 is 13.2 Å². The van der Waals surface area contributed by atoms with Crippen LogP contribution in [0.1, 0.15) is 12.5 Å². The molecule has 4 rings (SSSR count). The number of sulfonamides is 1. The van der Waals surface area contributed by atoms with Gasteiger partial charge in [-0.05, 0) is 30.2 Å². The molecule has 0 radical (unpaired) electrons. The van der Waals surface area contributed by atoms with Gasteiger partial charge in [0.2, 0.25) is 15.9 Å². The molecule has 0 spiro atoms. The van der Waals surface area contributed by atoms with Gasteiger partial charge in [0.25, 0.3) is 0 Å². The summed E-state index contributed by atoms with van der Waals surface area (Å²) in [5, 5.41) is 4.32. The van der Waals surface area contributed by atoms with Crippen molar-refractivity contribution in [1.82, 2.24) is 9.21 Å². The average molecular weight is 476 g/mol. The lowest BCUT2D eigenvalue weighted by Gasteiger charge is -2.36. The van der Waals surface area contributed by atoms with Gasteiger partial charge >= 0.3 is 0 Å². The third kappa shape index (κ3) is 5.80. The number of nitrogens with zero attached hydrogens (tertiary/aromatic N) is 2. The SMILES string of the molecule is C[C@@H](C(=O)Nc1ccccc1-c1ccccc1)N1CCN(S(=O)(=O)/C=C/c2ccccc2)CC1. The first-order valence-electron chi connectivity index (χ1n) is 11.4. The first kappa shape index (κ1) is 23.9. The maximum Gasteiger partial charge on any atom is 0.241 e. The number of hydrogen-bond donors (Lipinski definition) is 1. The zero-order valence-electron chi connectivity index (χ0n) is 19.2. The van der Waals surface area contributed by atoms with Gasteiger partial charge in [-0.1, -0.05) is 78.9 Å². The van der Waals surface area contributed by atoms with Gasteiger partial charge in [0.1, 0.15) is 0 Å². The van der Waals surface area contributed by atoms with E-state index in [4.69, 9.17) is 0 Å². The summed E-state index contributed by atoms with van der Waals surface area (Å²) in [4.78, 5) is 15.1. The molecule has 1 aliphatic rings. The number of piperazine rings is 1. The molecule has 3 aromatic rings. The molecule has 0 saturated carbocycles. The second kappa shape index (κ2) is 10.8. The van der Waals surface area contributed by atoms with Crippen LogP contribution >= 0.6 is 0 Å². The molecule has 176 valence electrons. The summed E-state index contributed by atoms with van der Waals surface area (Å²) >= 11 is 0. The lowest BCUT2D eigenvalue weighted by Crippen LogP contribution is -2.53. The van der Waals surface area contributed by atoms with E-state index in [1.807, 2.05) is 96.8 Å². The second-order valence-electron chi connectivity index (χ2n) is 8.27. The third-order valence-electron chi connectivity index (χ3n) is 6.06. The molecule has 0 bridgehead atoms. The van der Waals surface area contributed by atoms with Crippen LogP contribution < -0.4 is 5.32 Å². The first-order chi connectivity index (χ1) is 16.4. The Bertz CT molecular complexity index is 1240. The van der Waals surface area contributed by atoms with Gasteiger partial charge in [0.05, 0.1) is 6.04 Å². The predicted octanol–water partition coefficient (Wildman–Crippen LogP) is 4.30. The van der Waals surface area contributed by atoms with Crippen molar-refractivity contribution in [3.05, 3.63) is 95.9 Å². The molecule has 1 saturated heterocycles. The number of anilines is 1. The summed E-state index contributed by atoms with van der Waals surface area (Å²) in [6, 6.07) is 26.6. The van der Waals surface area contributed by atoms with Crippen LogP contribution in [-0.4, -0.2) is 55.8 Å². The van der Waals surface area contributed by atoms with E-state index in [0.29, 0.717) is 26.2 Å². The van der Waals surface area contributed by atoms with Crippen LogP contribution in [0.15, 0.2) is 90.3 Å². The standard InChI is InChI=1S/C27H29N3O3S/c1-22(27(31)28-26-15-9-8-14-25(26)24-12-6-3-7-13-24)29-17-19-30(20-18-29)34(32,33)21-16-23-10-4-2-5-11-23/h2-16,21-22H,17-20H2,1H3,(H,28,31)/b21-16+/t22-/m0/s1. The third-order valence-corrected chi connectivity index (χ3v) is 7.63. The van der Waals surface area contributed by atoms with Crippen molar-refractivity contribution >= 4 is 27.7 Å². The molecule has 7 heteroatoms. The van der Waals surface area contributed by atoms with Gasteiger partial charge in [-0.3, -0.25) is 9.69 Å². The lowest BCUT2D eigenvalue weighted by molar-refractivity contribution is -0.121. The highest BCUT2D eigenvalue weighted by molar-refractivity contribution is 7.92. The molecule has 0 unspecified atom stereocenters. The van der Waals surface area contributed by atoms with Crippen molar-refractivity contribution in [3.63, 3.8) is 0 Å². The molecule has 34 heavy (non-hydrogen) atoms. The summed E-state index contributed by atoms with van der Waals surface area (Å²) in [5.74, 6) is -0.108. The zero-order chi connectivity index (χ0) is 24.0. The summed E-state index contributed by atoms with van der Waals surface area (Å²) in [6.07, 6.45) is 1.61. The van der Waals surface area contributed by atoms with E-state index < -0.39 is 10.0 Å². The monoisotopic (exact) mass is 475 g/mol. The smallest absolute Gasteiger partial charge is 0.241 e. The minimum Gasteiger partial charge on any atom is -0.324 e. The molecular weight excluding hydrogens is 446 g/mol. The Kier molecular flexibility index (Phi) is 7.57. The molecule has 0 aromatic heterocycles. The van der Waals surface area contributed by atoms with Gasteiger partial charge in [0.15, 0.2) is 0 Å². The van der Waals surface area contributed by atoms with Crippen LogP contribution in [0, 0.1) is 0 Å². The van der Waals surface area contributed by atoms with Crippen molar-refractivity contribution in [2.75, 3.05) is 31.5 Å². The van der Waals surface area contributed by atoms with Crippen molar-refractivity contribution in [1.29, 1.82) is 0 Å². The Morgan fingerprint density at radius 1 is 0.853 bits per heavy atom. The fourth-order valence-electron chi connectivity index (χ4n) is 4.02. The fourth-order valence-corrected chi connectivity index (χ4v) is 5.20. The van der Waals surface area contributed by atoms with Crippen molar-refractivity contribution in [2.45, 2.75) is 13.0 Å². The highest BCUT2D eigenvalue weighted by Crippen LogP contribution is 2.28. The number of rotatable bonds is 7. The van der Waals surface area contributed by atoms with E-state index in [1.165, 1.54) is 9.71 Å².